The van der Waals surface area contributed by atoms with E-state index in [9.17, 15) is 4.39 Å². The monoisotopic (exact) mass is 140 g/mol. The lowest BCUT2D eigenvalue weighted by atomic mass is 10.4. The first-order chi connectivity index (χ1) is 4.74. The standard InChI is InChI=1S/C7H9FN2/c1-3-4-6-5-7(8)10(2)9-6/h3-5H,1-2H3/b4-3+. The molecule has 0 amide bonds. The van der Waals surface area contributed by atoms with Gasteiger partial charge in [-0.05, 0) is 13.0 Å². The van der Waals surface area contributed by atoms with Crippen molar-refractivity contribution >= 4 is 6.08 Å². The summed E-state index contributed by atoms with van der Waals surface area (Å²) < 4.78 is 13.7. The zero-order valence-corrected chi connectivity index (χ0v) is 6.00. The van der Waals surface area contributed by atoms with Crippen molar-refractivity contribution in [1.29, 1.82) is 0 Å². The van der Waals surface area contributed by atoms with Gasteiger partial charge < -0.3 is 0 Å². The van der Waals surface area contributed by atoms with Crippen LogP contribution < -0.4 is 0 Å². The molecule has 0 saturated carbocycles. The molecule has 1 aromatic rings. The van der Waals surface area contributed by atoms with Gasteiger partial charge in [-0.25, -0.2) is 4.68 Å². The number of hydrogen-bond donors (Lipinski definition) is 0. The normalized spacial score (nSPS) is 11.1. The summed E-state index contributed by atoms with van der Waals surface area (Å²) in [6, 6.07) is 1.39. The maximum atomic E-state index is 12.5. The van der Waals surface area contributed by atoms with Crippen LogP contribution in [-0.2, 0) is 7.05 Å². The van der Waals surface area contributed by atoms with E-state index in [4.69, 9.17) is 0 Å². The number of aromatic nitrogens is 2. The van der Waals surface area contributed by atoms with E-state index in [1.165, 1.54) is 10.7 Å². The fraction of sp³-hybridized carbons (Fsp3) is 0.286. The Morgan fingerprint density at radius 3 is 2.80 bits per heavy atom. The van der Waals surface area contributed by atoms with Gasteiger partial charge in [0.15, 0.2) is 0 Å². The molecule has 1 rings (SSSR count). The molecule has 10 heavy (non-hydrogen) atoms. The molecule has 0 aliphatic carbocycles. The van der Waals surface area contributed by atoms with Crippen molar-refractivity contribution in [3.05, 3.63) is 23.8 Å². The Kier molecular flexibility index (Phi) is 1.85. The second-order valence-electron chi connectivity index (χ2n) is 2.02. The first-order valence-electron chi connectivity index (χ1n) is 3.06. The van der Waals surface area contributed by atoms with E-state index < -0.39 is 0 Å². The molecule has 2 nitrogen and oxygen atoms in total. The van der Waals surface area contributed by atoms with Crippen molar-refractivity contribution in [3.63, 3.8) is 0 Å². The molecule has 0 aliphatic heterocycles. The van der Waals surface area contributed by atoms with Gasteiger partial charge in [0.1, 0.15) is 0 Å². The molecular formula is C7H9FN2. The second-order valence-corrected chi connectivity index (χ2v) is 2.02. The Bertz CT molecular complexity index is 231. The number of hydrogen-bond acceptors (Lipinski definition) is 1. The Morgan fingerprint density at radius 2 is 2.40 bits per heavy atom. The topological polar surface area (TPSA) is 17.8 Å². The number of rotatable bonds is 1. The largest absolute Gasteiger partial charge is 0.242 e. The summed E-state index contributed by atoms with van der Waals surface area (Å²) in [5.74, 6) is -0.312. The first kappa shape index (κ1) is 6.99. The minimum Gasteiger partial charge on any atom is -0.242 e. The highest BCUT2D eigenvalue weighted by Crippen LogP contribution is 2.01. The third-order valence-electron chi connectivity index (χ3n) is 1.18. The maximum Gasteiger partial charge on any atom is 0.211 e. The number of halogens is 1. The van der Waals surface area contributed by atoms with E-state index in [0.717, 1.165) is 0 Å². The van der Waals surface area contributed by atoms with E-state index >= 15 is 0 Å². The molecule has 0 aromatic carbocycles. The zero-order chi connectivity index (χ0) is 7.56. The number of allylic oxidation sites excluding steroid dienone is 1. The van der Waals surface area contributed by atoms with Crippen LogP contribution in [-0.4, -0.2) is 9.78 Å². The summed E-state index contributed by atoms with van der Waals surface area (Å²) in [6.07, 6.45) is 3.57. The average molecular weight is 140 g/mol. The predicted molar refractivity (Wildman–Crippen MR) is 37.9 cm³/mol. The van der Waals surface area contributed by atoms with Crippen LogP contribution in [0.15, 0.2) is 12.1 Å². The van der Waals surface area contributed by atoms with Crippen LogP contribution in [0.5, 0.6) is 0 Å². The van der Waals surface area contributed by atoms with E-state index in [2.05, 4.69) is 5.10 Å². The smallest absolute Gasteiger partial charge is 0.211 e. The van der Waals surface area contributed by atoms with E-state index in [0.29, 0.717) is 5.69 Å². The molecule has 0 aliphatic rings. The second kappa shape index (κ2) is 2.64. The fourth-order valence-corrected chi connectivity index (χ4v) is 0.717. The number of aryl methyl sites for hydroxylation is 1. The Hall–Kier alpha value is -1.12. The third-order valence-corrected chi connectivity index (χ3v) is 1.18. The van der Waals surface area contributed by atoms with Crippen molar-refractivity contribution in [2.75, 3.05) is 0 Å². The summed E-state index contributed by atoms with van der Waals surface area (Å²) in [6.45, 7) is 1.87. The van der Waals surface area contributed by atoms with Gasteiger partial charge >= 0.3 is 0 Å². The molecule has 0 fully saturated rings. The molecule has 1 heterocycles. The van der Waals surface area contributed by atoms with Crippen molar-refractivity contribution < 1.29 is 4.39 Å². The lowest BCUT2D eigenvalue weighted by molar-refractivity contribution is 0.504. The summed E-state index contributed by atoms with van der Waals surface area (Å²) in [7, 11) is 1.57. The Morgan fingerprint density at radius 1 is 1.70 bits per heavy atom. The quantitative estimate of drug-likeness (QED) is 0.579. The predicted octanol–water partition coefficient (Wildman–Crippen LogP) is 1.59. The van der Waals surface area contributed by atoms with Gasteiger partial charge in [0.25, 0.3) is 0 Å². The molecular weight excluding hydrogens is 131 g/mol. The van der Waals surface area contributed by atoms with E-state index in [1.807, 2.05) is 13.0 Å². The average Bonchev–Trinajstić information content (AvgIpc) is 2.14. The van der Waals surface area contributed by atoms with Crippen LogP contribution in [0.2, 0.25) is 0 Å². The molecule has 0 saturated heterocycles. The summed E-state index contributed by atoms with van der Waals surface area (Å²) >= 11 is 0. The molecule has 54 valence electrons. The highest BCUT2D eigenvalue weighted by atomic mass is 19.1. The molecule has 1 aromatic heterocycles. The van der Waals surface area contributed by atoms with Crippen LogP contribution in [0.4, 0.5) is 4.39 Å². The third kappa shape index (κ3) is 1.23. The lowest BCUT2D eigenvalue weighted by Crippen LogP contribution is -1.92. The summed E-state index contributed by atoms with van der Waals surface area (Å²) in [5, 5.41) is 3.85. The SMILES string of the molecule is C/C=C/c1cc(F)n(C)n1. The van der Waals surface area contributed by atoms with Gasteiger partial charge in [0.2, 0.25) is 5.95 Å². The fourth-order valence-electron chi connectivity index (χ4n) is 0.717. The highest BCUT2D eigenvalue weighted by molar-refractivity contribution is 5.42. The van der Waals surface area contributed by atoms with Gasteiger partial charge in [-0.1, -0.05) is 6.08 Å². The molecule has 0 spiro atoms. The minimum atomic E-state index is -0.312. The molecule has 0 atom stereocenters. The lowest BCUT2D eigenvalue weighted by Gasteiger charge is -1.84. The van der Waals surface area contributed by atoms with Gasteiger partial charge in [-0.15, -0.1) is 0 Å². The van der Waals surface area contributed by atoms with Gasteiger partial charge in [0, 0.05) is 13.1 Å². The van der Waals surface area contributed by atoms with Crippen molar-refractivity contribution in [2.45, 2.75) is 6.92 Å². The molecule has 0 radical (unpaired) electrons. The minimum absolute atomic E-state index is 0.312. The first-order valence-corrected chi connectivity index (χ1v) is 3.06. The van der Waals surface area contributed by atoms with Gasteiger partial charge in [-0.3, -0.25) is 0 Å². The van der Waals surface area contributed by atoms with Crippen LogP contribution in [0.25, 0.3) is 6.08 Å². The summed E-state index contributed by atoms with van der Waals surface area (Å²) in [4.78, 5) is 0. The highest BCUT2D eigenvalue weighted by Gasteiger charge is 1.98. The molecule has 0 N–H and O–H groups in total. The number of nitrogens with zero attached hydrogens (tertiary/aromatic N) is 2. The molecule has 0 unspecified atom stereocenters. The van der Waals surface area contributed by atoms with Crippen molar-refractivity contribution in [2.24, 2.45) is 7.05 Å². The molecule has 3 heteroatoms. The van der Waals surface area contributed by atoms with E-state index in [-0.39, 0.29) is 5.95 Å². The van der Waals surface area contributed by atoms with E-state index in [1.54, 1.807) is 13.1 Å². The summed E-state index contributed by atoms with van der Waals surface area (Å²) in [5.41, 5.74) is 0.655. The van der Waals surface area contributed by atoms with Gasteiger partial charge in [-0.2, -0.15) is 9.49 Å². The zero-order valence-electron chi connectivity index (χ0n) is 6.00. The van der Waals surface area contributed by atoms with Crippen LogP contribution >= 0.6 is 0 Å². The van der Waals surface area contributed by atoms with Crippen molar-refractivity contribution in [3.8, 4) is 0 Å². The van der Waals surface area contributed by atoms with Crippen LogP contribution in [0.1, 0.15) is 12.6 Å². The Balaban J connectivity index is 2.98. The van der Waals surface area contributed by atoms with Crippen molar-refractivity contribution in [1.82, 2.24) is 9.78 Å². The van der Waals surface area contributed by atoms with Crippen LogP contribution in [0, 0.1) is 5.95 Å². The Labute approximate surface area is 59.0 Å². The van der Waals surface area contributed by atoms with Gasteiger partial charge in [0.05, 0.1) is 5.69 Å². The van der Waals surface area contributed by atoms with Crippen LogP contribution in [0.3, 0.4) is 0 Å². The maximum absolute atomic E-state index is 12.5. The molecule has 0 bridgehead atoms.